The Morgan fingerprint density at radius 1 is 0.897 bits per heavy atom. The van der Waals surface area contributed by atoms with E-state index in [4.69, 9.17) is 0 Å². The third-order valence-electron chi connectivity index (χ3n) is 4.47. The summed E-state index contributed by atoms with van der Waals surface area (Å²) in [6.07, 6.45) is -1.08. The summed E-state index contributed by atoms with van der Waals surface area (Å²) < 4.78 is 19.6. The smallest absolute Gasteiger partial charge is 0.282 e. The fraction of sp³-hybridized carbons (Fsp3) is 0.0909. The Morgan fingerprint density at radius 3 is 1.97 bits per heavy atom. The van der Waals surface area contributed by atoms with Crippen molar-refractivity contribution >= 4 is 20.6 Å². The number of benzene rings is 3. The van der Waals surface area contributed by atoms with Crippen molar-refractivity contribution in [1.82, 2.24) is 9.66 Å². The maximum Gasteiger partial charge on any atom is 0.282 e. The van der Waals surface area contributed by atoms with Gasteiger partial charge in [-0.3, -0.25) is 4.79 Å². The van der Waals surface area contributed by atoms with Crippen molar-refractivity contribution in [3.8, 4) is 0 Å². The van der Waals surface area contributed by atoms with Crippen LogP contribution < -0.4 is 5.56 Å². The average molecular weight is 405 g/mol. The first-order valence-corrected chi connectivity index (χ1v) is 10.6. The molecule has 0 fully saturated rings. The van der Waals surface area contributed by atoms with E-state index in [1.54, 1.807) is 72.8 Å². The first-order valence-electron chi connectivity index (χ1n) is 9.08. The average Bonchev–Trinajstić information content (AvgIpc) is 2.76. The Morgan fingerprint density at radius 2 is 1.41 bits per heavy atom. The first kappa shape index (κ1) is 19.0. The first-order chi connectivity index (χ1) is 14.0. The number of aromatic nitrogens is 2. The molecule has 0 unspecified atom stereocenters. The van der Waals surface area contributed by atoms with Gasteiger partial charge in [-0.05, 0) is 43.3 Å². The predicted molar refractivity (Wildman–Crippen MR) is 112 cm³/mol. The van der Waals surface area contributed by atoms with E-state index in [0.717, 1.165) is 4.68 Å². The highest BCUT2D eigenvalue weighted by Crippen LogP contribution is 2.24. The summed E-state index contributed by atoms with van der Waals surface area (Å²) in [5.41, 5.74) is -0.0307. The van der Waals surface area contributed by atoms with Gasteiger partial charge in [-0.25, -0.2) is 9.19 Å². The van der Waals surface area contributed by atoms with Gasteiger partial charge < -0.3 is 5.11 Å². The van der Waals surface area contributed by atoms with Crippen LogP contribution >= 0.6 is 0 Å². The van der Waals surface area contributed by atoms with Gasteiger partial charge in [0.05, 0.1) is 20.7 Å². The molecule has 0 aliphatic rings. The highest BCUT2D eigenvalue weighted by molar-refractivity contribution is 7.93. The van der Waals surface area contributed by atoms with Crippen molar-refractivity contribution in [2.24, 2.45) is 4.47 Å². The second-order valence-electron chi connectivity index (χ2n) is 6.51. The molecule has 4 aromatic rings. The lowest BCUT2D eigenvalue weighted by Gasteiger charge is -2.15. The standard InChI is InChI=1S/C22H19N3O3S/c1-16(26)21-23-20-15-9-8-14-19(20)22(27)25(21)24-29(28,17-10-4-2-5-11-17)18-12-6-3-7-13-18/h2-16,26H,1H3/t16-/m0/s1. The van der Waals surface area contributed by atoms with E-state index in [1.165, 1.54) is 6.92 Å². The van der Waals surface area contributed by atoms with E-state index in [9.17, 15) is 14.1 Å². The minimum atomic E-state index is -3.21. The van der Waals surface area contributed by atoms with Crippen LogP contribution in [0.15, 0.2) is 104 Å². The van der Waals surface area contributed by atoms with Gasteiger partial charge >= 0.3 is 0 Å². The van der Waals surface area contributed by atoms with Gasteiger partial charge in [-0.15, -0.1) is 4.47 Å². The molecule has 0 radical (unpaired) electrons. The van der Waals surface area contributed by atoms with E-state index in [0.29, 0.717) is 20.7 Å². The van der Waals surface area contributed by atoms with Crippen LogP contribution in [0, 0.1) is 0 Å². The molecule has 1 aromatic heterocycles. The highest BCUT2D eigenvalue weighted by atomic mass is 32.2. The zero-order valence-electron chi connectivity index (χ0n) is 15.7. The third kappa shape index (κ3) is 3.46. The fourth-order valence-electron chi connectivity index (χ4n) is 3.05. The van der Waals surface area contributed by atoms with Crippen LogP contribution in [0.4, 0.5) is 0 Å². The highest BCUT2D eigenvalue weighted by Gasteiger charge is 2.20. The van der Waals surface area contributed by atoms with Crippen LogP contribution in [0.5, 0.6) is 0 Å². The van der Waals surface area contributed by atoms with Crippen molar-refractivity contribution in [3.63, 3.8) is 0 Å². The molecule has 1 N–H and O–H groups in total. The lowest BCUT2D eigenvalue weighted by atomic mass is 10.2. The molecule has 1 heterocycles. The monoisotopic (exact) mass is 405 g/mol. The van der Waals surface area contributed by atoms with Gasteiger partial charge in [0.1, 0.15) is 15.8 Å². The molecule has 146 valence electrons. The lowest BCUT2D eigenvalue weighted by molar-refractivity contribution is 0.183. The molecule has 6 nitrogen and oxygen atoms in total. The molecule has 4 rings (SSSR count). The van der Waals surface area contributed by atoms with Gasteiger partial charge in [0.2, 0.25) is 0 Å². The van der Waals surface area contributed by atoms with E-state index in [1.807, 2.05) is 12.1 Å². The summed E-state index contributed by atoms with van der Waals surface area (Å²) in [5.74, 6) is 0.0355. The second-order valence-corrected chi connectivity index (χ2v) is 8.67. The number of hydrogen-bond acceptors (Lipinski definition) is 5. The maximum atomic E-state index is 14.2. The fourth-order valence-corrected chi connectivity index (χ4v) is 4.95. The van der Waals surface area contributed by atoms with Crippen LogP contribution in [-0.2, 0) is 9.73 Å². The summed E-state index contributed by atoms with van der Waals surface area (Å²) in [5, 5.41) is 10.6. The molecule has 0 spiro atoms. The summed E-state index contributed by atoms with van der Waals surface area (Å²) in [4.78, 5) is 18.5. The van der Waals surface area contributed by atoms with Crippen LogP contribution in [0.25, 0.3) is 10.9 Å². The molecule has 7 heteroatoms. The molecule has 0 amide bonds. The topological polar surface area (TPSA) is 84.6 Å². The predicted octanol–water partition coefficient (Wildman–Crippen LogP) is 3.80. The minimum absolute atomic E-state index is 0.0355. The second kappa shape index (κ2) is 7.62. The number of aliphatic hydroxyl groups excluding tert-OH is 1. The molecule has 0 aliphatic heterocycles. The van der Waals surface area contributed by atoms with Gasteiger partial charge in [0.15, 0.2) is 5.82 Å². The minimum Gasteiger partial charge on any atom is -0.385 e. The van der Waals surface area contributed by atoms with E-state index in [-0.39, 0.29) is 5.82 Å². The van der Waals surface area contributed by atoms with E-state index < -0.39 is 21.4 Å². The molecule has 0 aliphatic carbocycles. The molecule has 0 bridgehead atoms. The Labute approximate surface area is 168 Å². The molecule has 0 saturated heterocycles. The number of aliphatic hydroxyl groups is 1. The summed E-state index contributed by atoms with van der Waals surface area (Å²) in [6, 6.07) is 24.4. The third-order valence-corrected chi connectivity index (χ3v) is 6.69. The zero-order valence-corrected chi connectivity index (χ0v) is 16.5. The molecular weight excluding hydrogens is 386 g/mol. The maximum absolute atomic E-state index is 14.2. The van der Waals surface area contributed by atoms with E-state index >= 15 is 0 Å². The summed E-state index contributed by atoms with van der Waals surface area (Å²) in [6.45, 7) is 1.50. The SMILES string of the molecule is C[C@H](O)c1nc2ccccc2c(=O)n1N=S(=O)(c1ccccc1)c1ccccc1. The van der Waals surface area contributed by atoms with Crippen molar-refractivity contribution in [1.29, 1.82) is 0 Å². The summed E-state index contributed by atoms with van der Waals surface area (Å²) >= 11 is 0. The quantitative estimate of drug-likeness (QED) is 0.560. The molecule has 29 heavy (non-hydrogen) atoms. The lowest BCUT2D eigenvalue weighted by Crippen LogP contribution is -2.25. The largest absolute Gasteiger partial charge is 0.385 e. The van der Waals surface area contributed by atoms with E-state index in [2.05, 4.69) is 9.46 Å². The molecule has 1 atom stereocenters. The van der Waals surface area contributed by atoms with Crippen molar-refractivity contribution in [3.05, 3.63) is 101 Å². The van der Waals surface area contributed by atoms with Gasteiger partial charge in [-0.1, -0.05) is 48.5 Å². The molecule has 3 aromatic carbocycles. The normalized spacial score (nSPS) is 12.6. The number of rotatable bonds is 4. The van der Waals surface area contributed by atoms with Crippen LogP contribution in [0.1, 0.15) is 18.9 Å². The van der Waals surface area contributed by atoms with Crippen molar-refractivity contribution < 1.29 is 9.32 Å². The van der Waals surface area contributed by atoms with Gasteiger partial charge in [0, 0.05) is 0 Å². The summed E-state index contributed by atoms with van der Waals surface area (Å²) in [7, 11) is -3.21. The van der Waals surface area contributed by atoms with Crippen LogP contribution in [0.3, 0.4) is 0 Å². The Kier molecular flexibility index (Phi) is 5.00. The number of nitrogens with zero attached hydrogens (tertiary/aromatic N) is 3. The molecule has 0 saturated carbocycles. The number of para-hydroxylation sites is 1. The van der Waals surface area contributed by atoms with Crippen LogP contribution in [0.2, 0.25) is 0 Å². The van der Waals surface area contributed by atoms with Crippen molar-refractivity contribution in [2.45, 2.75) is 22.8 Å². The number of hydrogen-bond donors (Lipinski definition) is 1. The van der Waals surface area contributed by atoms with Gasteiger partial charge in [-0.2, -0.15) is 4.68 Å². The molecular formula is C22H19N3O3S. The Bertz CT molecular complexity index is 1290. The zero-order chi connectivity index (χ0) is 20.4. The Hall–Kier alpha value is -3.29. The van der Waals surface area contributed by atoms with Crippen molar-refractivity contribution in [2.75, 3.05) is 0 Å². The van der Waals surface area contributed by atoms with Crippen LogP contribution in [-0.4, -0.2) is 19.0 Å². The number of fused-ring (bicyclic) bond motifs is 1. The Balaban J connectivity index is 2.13. The van der Waals surface area contributed by atoms with Gasteiger partial charge in [0.25, 0.3) is 5.56 Å².